The van der Waals surface area contributed by atoms with Crippen molar-refractivity contribution in [3.05, 3.63) is 233 Å². The largest absolute Gasteiger partial charge is 0.493 e. The molecule has 28 nitrogen and oxygen atoms in total. The lowest BCUT2D eigenvalue weighted by molar-refractivity contribution is -0.386. The lowest BCUT2D eigenvalue weighted by atomic mass is 9.72. The summed E-state index contributed by atoms with van der Waals surface area (Å²) >= 11 is 12.5. The highest BCUT2D eigenvalue weighted by Gasteiger charge is 2.44. The van der Waals surface area contributed by atoms with Gasteiger partial charge < -0.3 is 38.7 Å². The Morgan fingerprint density at radius 1 is 0.531 bits per heavy atom. The highest BCUT2D eigenvalue weighted by Crippen LogP contribution is 2.49. The summed E-state index contributed by atoms with van der Waals surface area (Å²) in [6.07, 6.45) is 21.1. The van der Waals surface area contributed by atoms with Gasteiger partial charge in [0.1, 0.15) is 45.8 Å². The zero-order valence-corrected chi connectivity index (χ0v) is 76.6. The second kappa shape index (κ2) is 36.3. The molecule has 0 radical (unpaired) electrons. The first kappa shape index (κ1) is 88.3. The van der Waals surface area contributed by atoms with E-state index in [0.29, 0.717) is 72.1 Å². The first-order valence-electron chi connectivity index (χ1n) is 45.4. The monoisotopic (exact) mass is 1840 g/mol. The number of aromatic amines is 2. The Morgan fingerprint density at radius 3 is 1.32 bits per heavy atom. The average molecular weight is 1840 g/mol. The number of nitrogens with zero attached hydrogens (tertiary/aromatic N) is 10. The van der Waals surface area contributed by atoms with E-state index in [4.69, 9.17) is 42.1 Å². The van der Waals surface area contributed by atoms with Crippen LogP contribution in [0.2, 0.25) is 10.0 Å². The summed E-state index contributed by atoms with van der Waals surface area (Å²) < 4.78 is 85.1. The van der Waals surface area contributed by atoms with Crippen LogP contribution in [0.25, 0.3) is 33.2 Å². The number of nitrogens with one attached hydrogen (secondary N) is 4. The van der Waals surface area contributed by atoms with Crippen molar-refractivity contribution in [2.24, 2.45) is 34.5 Å². The number of piperazine rings is 2. The number of anilines is 2. The minimum atomic E-state index is -4.62. The number of benzene rings is 6. The Balaban J connectivity index is 0.000000168. The number of ether oxygens (including phenoxy) is 4. The molecule has 10 heterocycles. The van der Waals surface area contributed by atoms with Crippen LogP contribution in [0.4, 0.5) is 22.7 Å². The molecular formula is C98H108Cl2N14O14S2. The maximum Gasteiger partial charge on any atom is 0.277 e. The van der Waals surface area contributed by atoms with Gasteiger partial charge in [0.2, 0.25) is 0 Å². The lowest BCUT2D eigenvalue weighted by Gasteiger charge is -2.39. The molecule has 2 saturated carbocycles. The number of sulfonamides is 2. The summed E-state index contributed by atoms with van der Waals surface area (Å²) in [5.41, 5.74) is 11.6. The molecule has 32 heteroatoms. The molecule has 4 N–H and O–H groups in total. The number of piperidine rings is 2. The van der Waals surface area contributed by atoms with E-state index in [1.165, 1.54) is 96.5 Å². The van der Waals surface area contributed by atoms with Crippen molar-refractivity contribution in [1.29, 1.82) is 0 Å². The van der Waals surface area contributed by atoms with E-state index < -0.39 is 51.5 Å². The van der Waals surface area contributed by atoms with Gasteiger partial charge in [0.25, 0.3) is 43.2 Å². The molecule has 6 atom stereocenters. The Kier molecular flexibility index (Phi) is 24.7. The smallest absolute Gasteiger partial charge is 0.277 e. The van der Waals surface area contributed by atoms with Crippen molar-refractivity contribution in [2.75, 3.05) is 115 Å². The number of halogens is 2. The van der Waals surface area contributed by atoms with Crippen LogP contribution < -0.4 is 38.2 Å². The zero-order valence-electron chi connectivity index (χ0n) is 73.4. The first-order chi connectivity index (χ1) is 62.5. The van der Waals surface area contributed by atoms with Crippen LogP contribution in [0.3, 0.4) is 0 Å². The van der Waals surface area contributed by atoms with Crippen molar-refractivity contribution in [2.45, 2.75) is 139 Å². The van der Waals surface area contributed by atoms with Crippen LogP contribution in [0.1, 0.15) is 148 Å². The molecule has 4 bridgehead atoms. The standard InChI is InChI=1S/2C49H54ClN7O7S/c2*1-49(2)13-11-35(43(25-49)33-4-6-36(50)7-5-33)29-54-15-17-55(18-16-54)38-9-10-41(46(22-38)64-39-21-34-12-14-51-47(34)52-26-39)48(58)53-65(61,62)40-23-44(57(59)60)42-20-32(30-63-45(42)24-40)28-56-27-31-3-8-37(56)19-31/h2*4-7,9-10,12,14,21-24,26,31-32,37H,3,8,11,13,15-20,25,27-30H2,1-2H3,(H,51,52)(H,53,58)/t31-,32+,37+;31-,32-,37+/m01/s1. The fourth-order valence-electron chi connectivity index (χ4n) is 21.5. The molecule has 0 spiro atoms. The number of hydrogen-bond acceptors (Lipinski definition) is 22. The number of nitro benzene ring substituents is 2. The van der Waals surface area contributed by atoms with Gasteiger partial charge >= 0.3 is 0 Å². The fourth-order valence-corrected chi connectivity index (χ4v) is 23.7. The normalized spacial score (nSPS) is 22.2. The molecule has 6 fully saturated rings. The lowest BCUT2D eigenvalue weighted by Crippen LogP contribution is -2.47. The van der Waals surface area contributed by atoms with Crippen LogP contribution in [-0.2, 0) is 32.9 Å². The SMILES string of the molecule is CC1(C)CCC(CN2CCN(c3ccc(C(=O)NS(=O)(=O)c4cc5c(c([N+](=O)[O-])c4)C[C@H](CN4C[C@@H]6CC[C@H]4C6)CO5)c(Oc4cnc5[nH]ccc5c4)c3)CC2)=C(c2ccc(Cl)cc2)C1.CC1(C)CCC(CN2CCN(c3ccc(C(=O)NS(=O)(=O)c4cc5c(c([N+](=O)[O-])c4)C[C@H](CN4C[C@H]6CC[C@@H]4C6)CO5)c(Oc4cnc5[nH]ccc5c4)c3)CC2)=C(c2ccc(Cl)cc2)C1. The number of nitro groups is 2. The van der Waals surface area contributed by atoms with Gasteiger partial charge in [-0.3, -0.25) is 49.4 Å². The van der Waals surface area contributed by atoms with Crippen molar-refractivity contribution in [1.82, 2.24) is 49.0 Å². The summed E-state index contributed by atoms with van der Waals surface area (Å²) in [7, 11) is -9.23. The van der Waals surface area contributed by atoms with Gasteiger partial charge in [0, 0.05) is 197 Å². The van der Waals surface area contributed by atoms with Gasteiger partial charge in [-0.2, -0.15) is 0 Å². The molecule has 10 aliphatic rings. The molecule has 2 amide bonds. The third-order valence-electron chi connectivity index (χ3n) is 28.4. The summed E-state index contributed by atoms with van der Waals surface area (Å²) in [6, 6.07) is 39.6. The molecule has 4 saturated heterocycles. The number of H-pyrrole nitrogens is 2. The van der Waals surface area contributed by atoms with Crippen LogP contribution in [0, 0.1) is 54.7 Å². The molecule has 680 valence electrons. The fraction of sp³-hybridized carbons (Fsp3) is 0.429. The summed E-state index contributed by atoms with van der Waals surface area (Å²) in [6.45, 7) is 21.6. The molecular weight excluding hydrogens is 1730 g/mol. The predicted octanol–water partition coefficient (Wildman–Crippen LogP) is 17.7. The van der Waals surface area contributed by atoms with E-state index >= 15 is 0 Å². The molecule has 130 heavy (non-hydrogen) atoms. The number of amides is 2. The number of aromatic nitrogens is 4. The van der Waals surface area contributed by atoms with Crippen molar-refractivity contribution < 1.29 is 55.2 Å². The van der Waals surface area contributed by atoms with Gasteiger partial charge in [0.15, 0.2) is 0 Å². The van der Waals surface area contributed by atoms with Gasteiger partial charge in [0.05, 0.1) is 67.5 Å². The minimum Gasteiger partial charge on any atom is -0.493 e. The van der Waals surface area contributed by atoms with E-state index in [1.807, 2.05) is 36.4 Å². The minimum absolute atomic E-state index is 0.0332. The van der Waals surface area contributed by atoms with Crippen molar-refractivity contribution in [3.63, 3.8) is 0 Å². The van der Waals surface area contributed by atoms with Crippen LogP contribution in [0.5, 0.6) is 34.5 Å². The third kappa shape index (κ3) is 19.4. The Morgan fingerprint density at radius 2 is 0.938 bits per heavy atom. The second-order valence-electron chi connectivity index (χ2n) is 38.7. The predicted molar refractivity (Wildman–Crippen MR) is 501 cm³/mol. The highest BCUT2D eigenvalue weighted by molar-refractivity contribution is 7.90. The van der Waals surface area contributed by atoms with Crippen LogP contribution in [0.15, 0.2) is 179 Å². The number of allylic oxidation sites excluding steroid dienone is 2. The first-order valence-corrected chi connectivity index (χ1v) is 49.1. The quantitative estimate of drug-likeness (QED) is 0.0322. The molecule has 6 aromatic carbocycles. The zero-order chi connectivity index (χ0) is 90.1. The van der Waals surface area contributed by atoms with E-state index in [9.17, 15) is 46.7 Å². The van der Waals surface area contributed by atoms with Gasteiger partial charge in [-0.15, -0.1) is 0 Å². The van der Waals surface area contributed by atoms with Crippen LogP contribution >= 0.6 is 23.2 Å². The second-order valence-corrected chi connectivity index (χ2v) is 42.9. The molecule has 4 aromatic heterocycles. The van der Waals surface area contributed by atoms with E-state index in [0.717, 1.165) is 186 Å². The Hall–Kier alpha value is -11.0. The number of carbonyl (C=O) groups is 2. The highest BCUT2D eigenvalue weighted by atomic mass is 35.5. The Bertz CT molecular complexity index is 5990. The van der Waals surface area contributed by atoms with E-state index in [2.05, 4.69) is 111 Å². The number of carbonyl (C=O) groups excluding carboxylic acids is 2. The molecule has 10 aromatic rings. The molecule has 0 unspecified atom stereocenters. The van der Waals surface area contributed by atoms with E-state index in [1.54, 1.807) is 60.9 Å². The van der Waals surface area contributed by atoms with Gasteiger partial charge in [-0.25, -0.2) is 36.2 Å². The van der Waals surface area contributed by atoms with Crippen molar-refractivity contribution in [3.8, 4) is 34.5 Å². The number of likely N-dealkylation sites (tertiary alicyclic amines) is 2. The number of fused-ring (bicyclic) bond motifs is 8. The molecule has 20 rings (SSSR count). The van der Waals surface area contributed by atoms with Crippen molar-refractivity contribution >= 4 is 111 Å². The maximum atomic E-state index is 14.1. The van der Waals surface area contributed by atoms with E-state index in [-0.39, 0.29) is 68.2 Å². The third-order valence-corrected chi connectivity index (χ3v) is 31.6. The molecule has 4 aliphatic carbocycles. The Labute approximate surface area is 766 Å². The summed E-state index contributed by atoms with van der Waals surface area (Å²) in [5.74, 6) is 0.905. The average Bonchev–Trinajstić information content (AvgIpc) is 0.905. The summed E-state index contributed by atoms with van der Waals surface area (Å²) in [4.78, 5) is 80.4. The summed E-state index contributed by atoms with van der Waals surface area (Å²) in [5, 5.41) is 27.9. The maximum absolute atomic E-state index is 14.1. The number of rotatable bonds is 24. The topological polar surface area (TPSA) is 326 Å². The number of hydrogen-bond donors (Lipinski definition) is 4. The van der Waals surface area contributed by atoms with Gasteiger partial charge in [-0.1, -0.05) is 86.3 Å². The van der Waals surface area contributed by atoms with Gasteiger partial charge in [-0.05, 0) is 208 Å². The van der Waals surface area contributed by atoms with Crippen LogP contribution in [-0.4, -0.2) is 195 Å². The number of pyridine rings is 2. The molecule has 6 aliphatic heterocycles.